The molecular weight excluding hydrogens is 523 g/mol. The average Bonchev–Trinajstić information content (AvgIpc) is 2.85. The van der Waals surface area contributed by atoms with E-state index in [1.165, 1.54) is 0 Å². The number of amides is 1. The van der Waals surface area contributed by atoms with E-state index in [1.54, 1.807) is 28.0 Å². The third-order valence-electron chi connectivity index (χ3n) is 7.04. The highest BCUT2D eigenvalue weighted by molar-refractivity contribution is 6.31. The third kappa shape index (κ3) is 5.56. The molecule has 0 saturated carbocycles. The number of hydrogen-bond donors (Lipinski definition) is 2. The van der Waals surface area contributed by atoms with E-state index in [0.717, 1.165) is 37.2 Å². The van der Waals surface area contributed by atoms with Gasteiger partial charge in [0.25, 0.3) is 5.91 Å². The van der Waals surface area contributed by atoms with Crippen LogP contribution in [0.5, 0.6) is 0 Å². The van der Waals surface area contributed by atoms with E-state index in [1.807, 2.05) is 30.4 Å². The number of piperidine rings is 1. The van der Waals surface area contributed by atoms with Crippen molar-refractivity contribution in [2.45, 2.75) is 51.0 Å². The first-order valence-corrected chi connectivity index (χ1v) is 12.6. The van der Waals surface area contributed by atoms with Crippen LogP contribution in [0, 0.1) is 0 Å². The van der Waals surface area contributed by atoms with Crippen LogP contribution in [0.15, 0.2) is 42.5 Å². The summed E-state index contributed by atoms with van der Waals surface area (Å²) in [5, 5.41) is 12.9. The van der Waals surface area contributed by atoms with Crippen LogP contribution in [0.4, 0.5) is 24.5 Å². The molecule has 38 heavy (non-hydrogen) atoms. The average molecular weight is 550 g/mol. The molecule has 7 nitrogen and oxygen atoms in total. The molecule has 5 rings (SSSR count). The quantitative estimate of drug-likeness (QED) is 0.612. The number of rotatable bonds is 4. The van der Waals surface area contributed by atoms with Crippen molar-refractivity contribution in [2.24, 2.45) is 0 Å². The number of carbonyl (C=O) groups excluding carboxylic acids is 3. The van der Waals surface area contributed by atoms with Crippen LogP contribution in [0.3, 0.4) is 0 Å². The molecule has 1 fully saturated rings. The Morgan fingerprint density at radius 2 is 1.79 bits per heavy atom. The summed E-state index contributed by atoms with van der Waals surface area (Å²) in [7, 11) is 0. The predicted molar refractivity (Wildman–Crippen MR) is 135 cm³/mol. The van der Waals surface area contributed by atoms with Crippen molar-refractivity contribution in [3.05, 3.63) is 64.2 Å². The Morgan fingerprint density at radius 3 is 2.37 bits per heavy atom. The lowest BCUT2D eigenvalue weighted by molar-refractivity contribution is -0.926. The Bertz CT molecular complexity index is 1290. The highest BCUT2D eigenvalue weighted by atomic mass is 35.5. The zero-order chi connectivity index (χ0) is 27.8. The predicted octanol–water partition coefficient (Wildman–Crippen LogP) is 2.74. The molecule has 1 unspecified atom stereocenters. The molecule has 0 spiro atoms. The highest BCUT2D eigenvalue weighted by Gasteiger charge is 2.43. The highest BCUT2D eigenvalue weighted by Crippen LogP contribution is 2.39. The van der Waals surface area contributed by atoms with Gasteiger partial charge in [-0.05, 0) is 43.7 Å². The van der Waals surface area contributed by atoms with Crippen molar-refractivity contribution in [1.82, 2.24) is 0 Å². The summed E-state index contributed by atoms with van der Waals surface area (Å²) >= 11 is 6.19. The summed E-state index contributed by atoms with van der Waals surface area (Å²) in [5.41, 5.74) is 3.25. The van der Waals surface area contributed by atoms with Gasteiger partial charge in [0.05, 0.1) is 24.7 Å². The van der Waals surface area contributed by atoms with Crippen LogP contribution in [-0.4, -0.2) is 55.1 Å². The van der Waals surface area contributed by atoms with Crippen LogP contribution in [0.2, 0.25) is 5.02 Å². The zero-order valence-corrected chi connectivity index (χ0v) is 21.5. The Kier molecular flexibility index (Phi) is 7.85. The molecule has 0 aromatic heterocycles. The summed E-state index contributed by atoms with van der Waals surface area (Å²) in [6.45, 7) is 6.74. The van der Waals surface area contributed by atoms with Crippen molar-refractivity contribution in [3.63, 3.8) is 0 Å². The van der Waals surface area contributed by atoms with Gasteiger partial charge in [-0.3, -0.25) is 14.5 Å². The van der Waals surface area contributed by atoms with Gasteiger partial charge in [-0.15, -0.1) is 0 Å². The number of nitrogens with zero attached hydrogens (tertiary/aromatic N) is 1. The maximum Gasteiger partial charge on any atom is 0.430 e. The second-order valence-corrected chi connectivity index (χ2v) is 10.2. The standard InChI is InChI=1S/C25H26ClN3O2.C2HF3O2/c1-15(2)28-12-10-18(11-13-28)27-20-8-6-16-7-9-21-24(30)22(16)23(20)25(31)29(21)19-5-3-4-17(26)14-19;3-2(4,5)1(6)7/h3-9,14-15,18,21,27H,10-13H2,1-2H3;(H,6,7). The minimum Gasteiger partial charge on any atom is -0.542 e. The van der Waals surface area contributed by atoms with E-state index in [4.69, 9.17) is 21.5 Å². The summed E-state index contributed by atoms with van der Waals surface area (Å²) in [6, 6.07) is 11.3. The number of alkyl halides is 3. The molecule has 3 aliphatic rings. The largest absolute Gasteiger partial charge is 0.542 e. The number of likely N-dealkylation sites (tertiary alicyclic amines) is 1. The first-order chi connectivity index (χ1) is 17.9. The summed E-state index contributed by atoms with van der Waals surface area (Å²) in [6.07, 6.45) is 0.659. The lowest BCUT2D eigenvalue weighted by Gasteiger charge is -2.38. The second kappa shape index (κ2) is 10.8. The second-order valence-electron chi connectivity index (χ2n) is 9.79. The molecule has 1 atom stereocenters. The SMILES string of the molecule is CC(C)[NH+]1CCC(Nc2ccc3c4c2C(=O)N(c2cccc(Cl)c2)C(C=C3)C4=O)CC1.O=C([O-])C(F)(F)F. The number of fused-ring (bicyclic) bond motifs is 1. The first kappa shape index (κ1) is 27.7. The van der Waals surface area contributed by atoms with Gasteiger partial charge in [0.2, 0.25) is 0 Å². The maximum atomic E-state index is 13.7. The number of carboxylic acids is 1. The molecule has 202 valence electrons. The van der Waals surface area contributed by atoms with Crippen molar-refractivity contribution >= 4 is 46.7 Å². The van der Waals surface area contributed by atoms with Crippen molar-refractivity contribution in [2.75, 3.05) is 23.3 Å². The van der Waals surface area contributed by atoms with Crippen molar-refractivity contribution in [1.29, 1.82) is 0 Å². The lowest BCUT2D eigenvalue weighted by atomic mass is 9.82. The maximum absolute atomic E-state index is 13.7. The van der Waals surface area contributed by atoms with E-state index in [-0.39, 0.29) is 11.7 Å². The number of quaternary nitrogens is 1. The summed E-state index contributed by atoms with van der Waals surface area (Å²) in [5.74, 6) is -3.19. The molecule has 2 bridgehead atoms. The summed E-state index contributed by atoms with van der Waals surface area (Å²) < 4.78 is 31.5. The monoisotopic (exact) mass is 549 g/mol. The number of halogens is 4. The number of nitrogens with one attached hydrogen (secondary N) is 2. The molecule has 2 N–H and O–H groups in total. The van der Waals surface area contributed by atoms with Crippen LogP contribution in [0.25, 0.3) is 6.08 Å². The Hall–Kier alpha value is -3.37. The first-order valence-electron chi connectivity index (χ1n) is 12.3. The van der Waals surface area contributed by atoms with Crippen molar-refractivity contribution in [3.8, 4) is 0 Å². The van der Waals surface area contributed by atoms with Crippen LogP contribution in [0.1, 0.15) is 53.0 Å². The molecule has 1 amide bonds. The van der Waals surface area contributed by atoms with Crippen LogP contribution >= 0.6 is 11.6 Å². The van der Waals surface area contributed by atoms with E-state index in [9.17, 15) is 22.8 Å². The smallest absolute Gasteiger partial charge is 0.430 e. The van der Waals surface area contributed by atoms with Gasteiger partial charge in [-0.25, -0.2) is 0 Å². The van der Waals surface area contributed by atoms with Gasteiger partial charge in [-0.1, -0.05) is 35.9 Å². The number of hydrogen-bond acceptors (Lipinski definition) is 5. The molecule has 0 radical (unpaired) electrons. The molecule has 1 saturated heterocycles. The fraction of sp³-hybridized carbons (Fsp3) is 0.370. The molecule has 2 aliphatic heterocycles. The zero-order valence-electron chi connectivity index (χ0n) is 20.8. The van der Waals surface area contributed by atoms with Crippen LogP contribution in [-0.2, 0) is 4.79 Å². The number of anilines is 2. The topological polar surface area (TPSA) is 94.0 Å². The molecule has 2 heterocycles. The normalized spacial score (nSPS) is 22.2. The number of aliphatic carboxylic acids is 1. The molecule has 11 heteroatoms. The Morgan fingerprint density at radius 1 is 1.13 bits per heavy atom. The fourth-order valence-corrected chi connectivity index (χ4v) is 5.26. The van der Waals surface area contributed by atoms with Crippen LogP contribution < -0.4 is 20.2 Å². The minimum absolute atomic E-state index is 0.0326. The van der Waals surface area contributed by atoms with Gasteiger partial charge in [0.15, 0.2) is 5.78 Å². The van der Waals surface area contributed by atoms with Gasteiger partial charge in [0, 0.05) is 40.8 Å². The van der Waals surface area contributed by atoms with Gasteiger partial charge >= 0.3 is 6.18 Å². The Balaban J connectivity index is 0.000000426. The molecule has 2 aromatic carbocycles. The third-order valence-corrected chi connectivity index (χ3v) is 7.28. The fourth-order valence-electron chi connectivity index (χ4n) is 5.08. The molecular formula is C27H27ClF3N3O4. The van der Waals surface area contributed by atoms with E-state index < -0.39 is 18.2 Å². The minimum atomic E-state index is -5.19. The molecule has 1 aliphatic carbocycles. The number of Topliss-reactive ketones (excluding diaryl/α,β-unsaturated/α-hetero) is 1. The molecule has 2 aromatic rings. The van der Waals surface area contributed by atoms with E-state index >= 15 is 0 Å². The van der Waals surface area contributed by atoms with Gasteiger partial charge in [0.1, 0.15) is 12.0 Å². The van der Waals surface area contributed by atoms with Crippen molar-refractivity contribution < 1.29 is 37.6 Å². The van der Waals surface area contributed by atoms with E-state index in [2.05, 4.69) is 19.2 Å². The van der Waals surface area contributed by atoms with Gasteiger partial charge in [-0.2, -0.15) is 13.2 Å². The lowest BCUT2D eigenvalue weighted by Crippen LogP contribution is -3.16. The number of benzene rings is 2. The Labute approximate surface area is 222 Å². The number of ketones is 1. The number of carbonyl (C=O) groups is 3. The van der Waals surface area contributed by atoms with Gasteiger partial charge < -0.3 is 20.1 Å². The number of carboxylic acid groups (broad SMARTS) is 1. The summed E-state index contributed by atoms with van der Waals surface area (Å²) in [4.78, 5) is 39.1. The van der Waals surface area contributed by atoms with E-state index in [0.29, 0.717) is 33.9 Å².